The number of carbonyl (C=O) groups excluding carboxylic acids is 1. The van der Waals surface area contributed by atoms with Crippen LogP contribution in [0.3, 0.4) is 0 Å². The number of carbonyl (C=O) groups is 1. The molecule has 0 aliphatic carbocycles. The quantitative estimate of drug-likeness (QED) is 0.310. The number of nitro benzene ring substituents is 1. The minimum absolute atomic E-state index is 0.0250. The van der Waals surface area contributed by atoms with Crippen LogP contribution in [0.4, 0.5) is 5.69 Å². The first-order valence-electron chi connectivity index (χ1n) is 7.91. The third-order valence-corrected chi connectivity index (χ3v) is 3.34. The number of ether oxygens (including phenoxy) is 2. The maximum atomic E-state index is 12.5. The number of hydrogen-bond acceptors (Lipinski definition) is 5. The summed E-state index contributed by atoms with van der Waals surface area (Å²) in [6, 6.07) is 11.1. The lowest BCUT2D eigenvalue weighted by molar-refractivity contribution is -0.384. The number of benzene rings is 2. The molecule has 0 atom stereocenters. The van der Waals surface area contributed by atoms with Gasteiger partial charge in [0.2, 0.25) is 0 Å². The van der Waals surface area contributed by atoms with Crippen LogP contribution >= 0.6 is 0 Å². The van der Waals surface area contributed by atoms with Crippen molar-refractivity contribution >= 4 is 17.5 Å². The van der Waals surface area contributed by atoms with E-state index >= 15 is 0 Å². The summed E-state index contributed by atoms with van der Waals surface area (Å²) >= 11 is 0. The SMILES string of the molecule is CCOc1ccc(OCC)c(C(=O)/C=C/c2cccc([N+](=O)[O-])c2)c1. The zero-order chi connectivity index (χ0) is 18.2. The monoisotopic (exact) mass is 341 g/mol. The Kier molecular flexibility index (Phi) is 6.28. The van der Waals surface area contributed by atoms with Gasteiger partial charge >= 0.3 is 0 Å². The van der Waals surface area contributed by atoms with Gasteiger partial charge in [-0.15, -0.1) is 0 Å². The lowest BCUT2D eigenvalue weighted by Crippen LogP contribution is -2.03. The van der Waals surface area contributed by atoms with E-state index in [4.69, 9.17) is 9.47 Å². The van der Waals surface area contributed by atoms with Crippen molar-refractivity contribution in [2.24, 2.45) is 0 Å². The molecule has 6 heteroatoms. The second-order valence-electron chi connectivity index (χ2n) is 5.07. The number of hydrogen-bond donors (Lipinski definition) is 0. The predicted octanol–water partition coefficient (Wildman–Crippen LogP) is 4.29. The van der Waals surface area contributed by atoms with Crippen molar-refractivity contribution in [3.05, 3.63) is 69.8 Å². The number of nitrogens with zero attached hydrogens (tertiary/aromatic N) is 1. The average Bonchev–Trinajstić information content (AvgIpc) is 2.61. The zero-order valence-corrected chi connectivity index (χ0v) is 14.1. The number of non-ortho nitro benzene ring substituents is 1. The van der Waals surface area contributed by atoms with Crippen LogP contribution in [0.15, 0.2) is 48.5 Å². The van der Waals surface area contributed by atoms with E-state index in [9.17, 15) is 14.9 Å². The van der Waals surface area contributed by atoms with Gasteiger partial charge in [0.15, 0.2) is 5.78 Å². The summed E-state index contributed by atoms with van der Waals surface area (Å²) in [4.78, 5) is 22.9. The van der Waals surface area contributed by atoms with E-state index in [1.54, 1.807) is 36.4 Å². The minimum atomic E-state index is -0.474. The molecule has 0 bridgehead atoms. The van der Waals surface area contributed by atoms with Gasteiger partial charge in [-0.3, -0.25) is 14.9 Å². The van der Waals surface area contributed by atoms with E-state index in [2.05, 4.69) is 0 Å². The summed E-state index contributed by atoms with van der Waals surface area (Å²) < 4.78 is 10.9. The van der Waals surface area contributed by atoms with Gasteiger partial charge in [0, 0.05) is 12.1 Å². The van der Waals surface area contributed by atoms with Crippen molar-refractivity contribution in [2.45, 2.75) is 13.8 Å². The first-order valence-corrected chi connectivity index (χ1v) is 7.91. The minimum Gasteiger partial charge on any atom is -0.494 e. The van der Waals surface area contributed by atoms with Crippen LogP contribution in [-0.4, -0.2) is 23.9 Å². The maximum Gasteiger partial charge on any atom is 0.270 e. The summed E-state index contributed by atoms with van der Waals surface area (Å²) in [5, 5.41) is 10.8. The van der Waals surface area contributed by atoms with Gasteiger partial charge in [0.1, 0.15) is 11.5 Å². The Morgan fingerprint density at radius 2 is 1.88 bits per heavy atom. The van der Waals surface area contributed by atoms with Gasteiger partial charge < -0.3 is 9.47 Å². The largest absolute Gasteiger partial charge is 0.494 e. The van der Waals surface area contributed by atoms with Crippen LogP contribution in [0.2, 0.25) is 0 Å². The van der Waals surface area contributed by atoms with Crippen LogP contribution in [0.1, 0.15) is 29.8 Å². The molecule has 0 heterocycles. The Hall–Kier alpha value is -3.15. The molecule has 0 aliphatic rings. The van der Waals surface area contributed by atoms with E-state index in [0.29, 0.717) is 35.8 Å². The van der Waals surface area contributed by atoms with Gasteiger partial charge in [0.25, 0.3) is 5.69 Å². The predicted molar refractivity (Wildman–Crippen MR) is 95.2 cm³/mol. The molecule has 130 valence electrons. The van der Waals surface area contributed by atoms with Crippen molar-refractivity contribution in [1.82, 2.24) is 0 Å². The smallest absolute Gasteiger partial charge is 0.270 e. The topological polar surface area (TPSA) is 78.7 Å². The first-order chi connectivity index (χ1) is 12.0. The van der Waals surface area contributed by atoms with Gasteiger partial charge in [-0.25, -0.2) is 0 Å². The summed E-state index contributed by atoms with van der Waals surface area (Å²) in [5.74, 6) is 0.786. The molecule has 0 radical (unpaired) electrons. The summed E-state index contributed by atoms with van der Waals surface area (Å²) in [5.41, 5.74) is 0.930. The molecule has 25 heavy (non-hydrogen) atoms. The molecule has 0 aromatic heterocycles. The molecule has 0 aliphatic heterocycles. The Morgan fingerprint density at radius 1 is 1.12 bits per heavy atom. The van der Waals surface area contributed by atoms with Crippen LogP contribution < -0.4 is 9.47 Å². The molecule has 0 fully saturated rings. The molecule has 2 rings (SSSR count). The zero-order valence-electron chi connectivity index (χ0n) is 14.1. The standard InChI is InChI=1S/C19H19NO5/c1-3-24-16-9-11-19(25-4-2)17(13-16)18(21)10-8-14-6-5-7-15(12-14)20(22)23/h5-13H,3-4H2,1-2H3/b10-8+. The fourth-order valence-electron chi connectivity index (χ4n) is 2.24. The Labute approximate surface area is 145 Å². The molecule has 0 unspecified atom stereocenters. The van der Waals surface area contributed by atoms with Crippen molar-refractivity contribution in [3.8, 4) is 11.5 Å². The fraction of sp³-hybridized carbons (Fsp3) is 0.211. The second-order valence-corrected chi connectivity index (χ2v) is 5.07. The first kappa shape index (κ1) is 18.2. The Bertz CT molecular complexity index is 798. The van der Waals surface area contributed by atoms with E-state index in [0.717, 1.165) is 0 Å². The van der Waals surface area contributed by atoms with Crippen LogP contribution in [0, 0.1) is 10.1 Å². The molecular formula is C19H19NO5. The highest BCUT2D eigenvalue weighted by molar-refractivity contribution is 6.08. The average molecular weight is 341 g/mol. The van der Waals surface area contributed by atoms with Gasteiger partial charge in [-0.2, -0.15) is 0 Å². The summed E-state index contributed by atoms with van der Waals surface area (Å²) in [6.45, 7) is 4.62. The van der Waals surface area contributed by atoms with Crippen molar-refractivity contribution < 1.29 is 19.2 Å². The summed E-state index contributed by atoms with van der Waals surface area (Å²) in [7, 11) is 0. The van der Waals surface area contributed by atoms with Gasteiger partial charge in [0.05, 0.1) is 23.7 Å². The molecule has 2 aromatic carbocycles. The molecule has 0 amide bonds. The van der Waals surface area contributed by atoms with Crippen LogP contribution in [-0.2, 0) is 0 Å². The Balaban J connectivity index is 2.28. The number of allylic oxidation sites excluding steroid dienone is 1. The van der Waals surface area contributed by atoms with E-state index in [-0.39, 0.29) is 11.5 Å². The van der Waals surface area contributed by atoms with Crippen molar-refractivity contribution in [3.63, 3.8) is 0 Å². The highest BCUT2D eigenvalue weighted by Crippen LogP contribution is 2.25. The normalized spacial score (nSPS) is 10.6. The highest BCUT2D eigenvalue weighted by Gasteiger charge is 2.12. The maximum absolute atomic E-state index is 12.5. The number of rotatable bonds is 8. The van der Waals surface area contributed by atoms with E-state index in [1.807, 2.05) is 13.8 Å². The molecular weight excluding hydrogens is 322 g/mol. The molecule has 0 saturated heterocycles. The van der Waals surface area contributed by atoms with Crippen LogP contribution in [0.5, 0.6) is 11.5 Å². The van der Waals surface area contributed by atoms with E-state index in [1.165, 1.54) is 18.2 Å². The highest BCUT2D eigenvalue weighted by atomic mass is 16.6. The molecule has 0 N–H and O–H groups in total. The number of nitro groups is 1. The van der Waals surface area contributed by atoms with Crippen molar-refractivity contribution in [1.29, 1.82) is 0 Å². The third kappa shape index (κ3) is 4.91. The number of ketones is 1. The van der Waals surface area contributed by atoms with Crippen LogP contribution in [0.25, 0.3) is 6.08 Å². The van der Waals surface area contributed by atoms with Gasteiger partial charge in [-0.1, -0.05) is 18.2 Å². The fourth-order valence-corrected chi connectivity index (χ4v) is 2.24. The van der Waals surface area contributed by atoms with Gasteiger partial charge in [-0.05, 0) is 43.7 Å². The third-order valence-electron chi connectivity index (χ3n) is 3.34. The molecule has 0 spiro atoms. The lowest BCUT2D eigenvalue weighted by Gasteiger charge is -2.10. The summed E-state index contributed by atoms with van der Waals surface area (Å²) in [6.07, 6.45) is 2.91. The molecule has 6 nitrogen and oxygen atoms in total. The van der Waals surface area contributed by atoms with Crippen molar-refractivity contribution in [2.75, 3.05) is 13.2 Å². The second kappa shape index (κ2) is 8.63. The lowest BCUT2D eigenvalue weighted by atomic mass is 10.1. The Morgan fingerprint density at radius 3 is 2.56 bits per heavy atom. The molecule has 2 aromatic rings. The molecule has 0 saturated carbocycles. The van der Waals surface area contributed by atoms with E-state index < -0.39 is 4.92 Å².